The summed E-state index contributed by atoms with van der Waals surface area (Å²) in [7, 11) is 0. The summed E-state index contributed by atoms with van der Waals surface area (Å²) in [4.78, 5) is 23.4. The number of aryl methyl sites for hydroxylation is 3. The Morgan fingerprint density at radius 2 is 1.62 bits per heavy atom. The molecule has 1 N–H and O–H groups in total. The van der Waals surface area contributed by atoms with E-state index in [0.717, 1.165) is 16.7 Å². The van der Waals surface area contributed by atoms with Crippen LogP contribution in [0.4, 0.5) is 5.69 Å². The number of carbonyl (C=O) groups excluding carboxylic acids is 2. The first-order valence-corrected chi connectivity index (χ1v) is 7.66. The number of carbonyl (C=O) groups is 2. The number of ether oxygens (including phenoxy) is 2. The van der Waals surface area contributed by atoms with Crippen LogP contribution in [-0.2, 0) is 14.3 Å². The third-order valence-electron chi connectivity index (χ3n) is 3.53. The largest absolute Gasteiger partial charge is 0.482 e. The van der Waals surface area contributed by atoms with E-state index < -0.39 is 5.97 Å². The quantitative estimate of drug-likeness (QED) is 0.828. The molecule has 5 nitrogen and oxygen atoms in total. The van der Waals surface area contributed by atoms with Crippen LogP contribution in [-0.4, -0.2) is 25.1 Å². The summed E-state index contributed by atoms with van der Waals surface area (Å²) >= 11 is 0. The number of hydrogen-bond donors (Lipinski definition) is 1. The highest BCUT2D eigenvalue weighted by molar-refractivity contribution is 5.92. The topological polar surface area (TPSA) is 64.6 Å². The van der Waals surface area contributed by atoms with Crippen molar-refractivity contribution >= 4 is 17.6 Å². The van der Waals surface area contributed by atoms with E-state index in [1.165, 1.54) is 0 Å². The normalized spacial score (nSPS) is 10.1. The fourth-order valence-corrected chi connectivity index (χ4v) is 1.98. The molecule has 0 unspecified atom stereocenters. The minimum Gasteiger partial charge on any atom is -0.482 e. The van der Waals surface area contributed by atoms with Gasteiger partial charge in [0.25, 0.3) is 5.91 Å². The summed E-state index contributed by atoms with van der Waals surface area (Å²) < 4.78 is 10.2. The van der Waals surface area contributed by atoms with Crippen LogP contribution >= 0.6 is 0 Å². The van der Waals surface area contributed by atoms with Gasteiger partial charge in [0.1, 0.15) is 5.75 Å². The molecule has 1 amide bonds. The summed E-state index contributed by atoms with van der Waals surface area (Å²) in [5.74, 6) is -0.398. The van der Waals surface area contributed by atoms with Gasteiger partial charge in [0.2, 0.25) is 0 Å². The molecule has 0 bridgehead atoms. The SMILES string of the molecule is Cc1ccc(OCC(=O)OCC(=O)Nc2ccc(C)c(C)c2)cc1. The van der Waals surface area contributed by atoms with Crippen molar-refractivity contribution in [3.63, 3.8) is 0 Å². The Kier molecular flexibility index (Phi) is 5.95. The minimum absolute atomic E-state index is 0.236. The van der Waals surface area contributed by atoms with E-state index in [0.29, 0.717) is 11.4 Å². The first-order chi connectivity index (χ1) is 11.4. The molecule has 0 spiro atoms. The lowest BCUT2D eigenvalue weighted by Gasteiger charge is -2.09. The number of benzene rings is 2. The van der Waals surface area contributed by atoms with Crippen LogP contribution in [0.1, 0.15) is 16.7 Å². The second kappa shape index (κ2) is 8.15. The highest BCUT2D eigenvalue weighted by Gasteiger charge is 2.09. The molecular weight excluding hydrogens is 306 g/mol. The summed E-state index contributed by atoms with van der Waals surface area (Å²) in [5, 5.41) is 2.69. The first kappa shape index (κ1) is 17.5. The van der Waals surface area contributed by atoms with E-state index in [4.69, 9.17) is 9.47 Å². The maximum atomic E-state index is 11.8. The lowest BCUT2D eigenvalue weighted by Crippen LogP contribution is -2.23. The summed E-state index contributed by atoms with van der Waals surface area (Å²) in [6.45, 7) is 5.35. The number of nitrogens with one attached hydrogen (secondary N) is 1. The molecule has 0 aliphatic carbocycles. The average molecular weight is 327 g/mol. The van der Waals surface area contributed by atoms with Gasteiger partial charge in [-0.05, 0) is 56.2 Å². The second-order valence-electron chi connectivity index (χ2n) is 5.61. The Hall–Kier alpha value is -2.82. The number of rotatable bonds is 6. The van der Waals surface area contributed by atoms with Crippen LogP contribution in [0.15, 0.2) is 42.5 Å². The number of anilines is 1. The van der Waals surface area contributed by atoms with E-state index >= 15 is 0 Å². The van der Waals surface area contributed by atoms with Gasteiger partial charge in [-0.25, -0.2) is 4.79 Å². The standard InChI is InChI=1S/C19H21NO4/c1-13-4-8-17(9-5-13)23-12-19(22)24-11-18(21)20-16-7-6-14(2)15(3)10-16/h4-10H,11-12H2,1-3H3,(H,20,21). The maximum absolute atomic E-state index is 11.8. The Bertz CT molecular complexity index is 723. The van der Waals surface area contributed by atoms with Gasteiger partial charge in [-0.3, -0.25) is 4.79 Å². The van der Waals surface area contributed by atoms with Crippen molar-refractivity contribution in [3.05, 3.63) is 59.2 Å². The Balaban J connectivity index is 1.73. The lowest BCUT2D eigenvalue weighted by atomic mass is 10.1. The van der Waals surface area contributed by atoms with Gasteiger partial charge in [0, 0.05) is 5.69 Å². The molecule has 24 heavy (non-hydrogen) atoms. The molecule has 2 aromatic rings. The van der Waals surface area contributed by atoms with Crippen molar-refractivity contribution in [2.45, 2.75) is 20.8 Å². The molecule has 0 aromatic heterocycles. The number of amides is 1. The molecule has 0 radical (unpaired) electrons. The van der Waals surface area contributed by atoms with Crippen molar-refractivity contribution < 1.29 is 19.1 Å². The van der Waals surface area contributed by atoms with E-state index in [9.17, 15) is 9.59 Å². The van der Waals surface area contributed by atoms with Gasteiger partial charge >= 0.3 is 5.97 Å². The van der Waals surface area contributed by atoms with Crippen molar-refractivity contribution in [2.75, 3.05) is 18.5 Å². The van der Waals surface area contributed by atoms with E-state index in [-0.39, 0.29) is 19.1 Å². The molecule has 0 aliphatic rings. The van der Waals surface area contributed by atoms with E-state index in [2.05, 4.69) is 5.32 Å². The summed E-state index contributed by atoms with van der Waals surface area (Å²) in [5.41, 5.74) is 4.01. The smallest absolute Gasteiger partial charge is 0.344 e. The lowest BCUT2D eigenvalue weighted by molar-refractivity contribution is -0.149. The molecule has 126 valence electrons. The zero-order valence-corrected chi connectivity index (χ0v) is 14.1. The van der Waals surface area contributed by atoms with Gasteiger partial charge < -0.3 is 14.8 Å². The van der Waals surface area contributed by atoms with E-state index in [1.807, 2.05) is 51.1 Å². The van der Waals surface area contributed by atoms with Gasteiger partial charge in [0.05, 0.1) is 0 Å². The Labute approximate surface area is 141 Å². The van der Waals surface area contributed by atoms with Crippen molar-refractivity contribution in [1.29, 1.82) is 0 Å². The zero-order valence-electron chi connectivity index (χ0n) is 14.1. The van der Waals surface area contributed by atoms with Crippen LogP contribution in [0.5, 0.6) is 5.75 Å². The molecule has 0 aliphatic heterocycles. The Morgan fingerprint density at radius 1 is 0.917 bits per heavy atom. The van der Waals surface area contributed by atoms with Gasteiger partial charge in [-0.1, -0.05) is 23.8 Å². The molecule has 5 heteroatoms. The molecule has 0 saturated carbocycles. The fourth-order valence-electron chi connectivity index (χ4n) is 1.98. The van der Waals surface area contributed by atoms with Crippen LogP contribution in [0.3, 0.4) is 0 Å². The molecule has 0 atom stereocenters. The third-order valence-corrected chi connectivity index (χ3v) is 3.53. The fraction of sp³-hybridized carbons (Fsp3) is 0.263. The Morgan fingerprint density at radius 3 is 2.29 bits per heavy atom. The highest BCUT2D eigenvalue weighted by Crippen LogP contribution is 2.14. The van der Waals surface area contributed by atoms with Gasteiger partial charge in [-0.15, -0.1) is 0 Å². The van der Waals surface area contributed by atoms with Crippen molar-refractivity contribution in [1.82, 2.24) is 0 Å². The number of hydrogen-bond acceptors (Lipinski definition) is 4. The van der Waals surface area contributed by atoms with Crippen molar-refractivity contribution in [2.24, 2.45) is 0 Å². The molecule has 2 aromatic carbocycles. The monoisotopic (exact) mass is 327 g/mol. The minimum atomic E-state index is -0.592. The predicted molar refractivity (Wildman–Crippen MR) is 92.2 cm³/mol. The van der Waals surface area contributed by atoms with Crippen LogP contribution in [0.25, 0.3) is 0 Å². The second-order valence-corrected chi connectivity index (χ2v) is 5.61. The predicted octanol–water partition coefficient (Wildman–Crippen LogP) is 3.17. The zero-order chi connectivity index (χ0) is 17.5. The number of esters is 1. The summed E-state index contributed by atoms with van der Waals surface area (Å²) in [6.07, 6.45) is 0. The van der Waals surface area contributed by atoms with Crippen LogP contribution in [0, 0.1) is 20.8 Å². The third kappa shape index (κ3) is 5.43. The first-order valence-electron chi connectivity index (χ1n) is 7.66. The van der Waals surface area contributed by atoms with Crippen LogP contribution in [0.2, 0.25) is 0 Å². The molecule has 0 heterocycles. The summed E-state index contributed by atoms with van der Waals surface area (Å²) in [6, 6.07) is 12.9. The van der Waals surface area contributed by atoms with Crippen LogP contribution < -0.4 is 10.1 Å². The molecule has 2 rings (SSSR count). The molecule has 0 saturated heterocycles. The van der Waals surface area contributed by atoms with Gasteiger partial charge in [-0.2, -0.15) is 0 Å². The van der Waals surface area contributed by atoms with E-state index in [1.54, 1.807) is 12.1 Å². The average Bonchev–Trinajstić information content (AvgIpc) is 2.56. The van der Waals surface area contributed by atoms with Crippen molar-refractivity contribution in [3.8, 4) is 5.75 Å². The maximum Gasteiger partial charge on any atom is 0.344 e. The highest BCUT2D eigenvalue weighted by atomic mass is 16.6. The molecular formula is C19H21NO4. The molecule has 0 fully saturated rings. The van der Waals surface area contributed by atoms with Gasteiger partial charge in [0.15, 0.2) is 13.2 Å².